The first-order valence-corrected chi connectivity index (χ1v) is 18.8. The van der Waals surface area contributed by atoms with Crippen molar-refractivity contribution in [2.75, 3.05) is 32.8 Å². The smallest absolute Gasteiger partial charge is 0.246 e. The van der Waals surface area contributed by atoms with Gasteiger partial charge in [-0.25, -0.2) is 4.98 Å². The topological polar surface area (TPSA) is 64.1 Å². The molecule has 10 heteroatoms. The summed E-state index contributed by atoms with van der Waals surface area (Å²) in [6.07, 6.45) is 5.89. The average Bonchev–Trinajstić information content (AvgIpc) is 3.16. The molecule has 0 unspecified atom stereocenters. The van der Waals surface area contributed by atoms with Gasteiger partial charge in [0.05, 0.1) is 17.8 Å². The van der Waals surface area contributed by atoms with Crippen molar-refractivity contribution in [3.63, 3.8) is 0 Å². The first-order chi connectivity index (χ1) is 25.7. The molecule has 0 saturated carbocycles. The molecule has 1 amide bonds. The number of ether oxygens (including phenoxy) is 3. The van der Waals surface area contributed by atoms with E-state index in [-0.39, 0.29) is 18.3 Å². The molecule has 1 fully saturated rings. The second-order valence-electron chi connectivity index (χ2n) is 13.6. The maximum absolute atomic E-state index is 13.1. The quantitative estimate of drug-likeness (QED) is 0.104. The normalized spacial score (nSPS) is 13.2. The van der Waals surface area contributed by atoms with Crippen LogP contribution in [-0.2, 0) is 24.4 Å². The number of carbonyl (C=O) groups is 1. The van der Waals surface area contributed by atoms with Crippen molar-refractivity contribution in [1.29, 1.82) is 0 Å². The highest BCUT2D eigenvalue weighted by Crippen LogP contribution is 2.34. The SMILES string of the molecule is Cc1cc(/C=C/C(=O)N2CCN(Cc3ccc(CCOc4ccc(C(C)C)cc4)cc3)CC2)cc(Cl)c1Oc1ccc(OCc2cccc(Cl)c2)cn1.Cl. The fraction of sp³-hybridized carbons (Fsp3) is 0.273. The Kier molecular flexibility index (Phi) is 14.8. The number of halogens is 3. The molecule has 5 aromatic rings. The molecular weight excluding hydrogens is 741 g/mol. The van der Waals surface area contributed by atoms with E-state index in [1.165, 1.54) is 16.7 Å². The molecule has 0 bridgehead atoms. The van der Waals surface area contributed by atoms with E-state index in [1.54, 1.807) is 36.5 Å². The molecule has 0 aliphatic carbocycles. The van der Waals surface area contributed by atoms with Gasteiger partial charge in [0.15, 0.2) is 5.75 Å². The molecule has 6 rings (SSSR count). The Balaban J connectivity index is 0.00000561. The van der Waals surface area contributed by atoms with Crippen molar-refractivity contribution in [1.82, 2.24) is 14.8 Å². The fourth-order valence-corrected chi connectivity index (χ4v) is 6.62. The Morgan fingerprint density at radius 1 is 0.833 bits per heavy atom. The van der Waals surface area contributed by atoms with Crippen LogP contribution in [-0.4, -0.2) is 53.5 Å². The second kappa shape index (κ2) is 19.7. The van der Waals surface area contributed by atoms with Gasteiger partial charge in [-0.1, -0.05) is 85.6 Å². The summed E-state index contributed by atoms with van der Waals surface area (Å²) < 4.78 is 17.8. The highest BCUT2D eigenvalue weighted by molar-refractivity contribution is 6.32. The predicted octanol–water partition coefficient (Wildman–Crippen LogP) is 10.6. The number of piperazine rings is 1. The molecular formula is C44H46Cl3N3O4. The standard InChI is InChI=1S/C44H45Cl2N3O4.ClH/c1-31(2)37-12-14-39(15-13-37)51-24-19-33-7-9-34(10-8-33)29-48-20-22-49(23-21-48)43(50)18-11-35-25-32(3)44(41(46)27-35)53-42-17-16-40(28-47-42)52-30-36-5-4-6-38(45)26-36;/h4-18,25-28,31H,19-24,29-30H2,1-3H3;1H/b18-11+;. The molecule has 0 atom stereocenters. The van der Waals surface area contributed by atoms with Crippen LogP contribution in [0.3, 0.4) is 0 Å². The van der Waals surface area contributed by atoms with Gasteiger partial charge in [0, 0.05) is 56.3 Å². The van der Waals surface area contributed by atoms with E-state index in [4.69, 9.17) is 37.4 Å². The van der Waals surface area contributed by atoms with E-state index in [9.17, 15) is 4.79 Å². The highest BCUT2D eigenvalue weighted by Gasteiger charge is 2.20. The van der Waals surface area contributed by atoms with Crippen molar-refractivity contribution in [2.24, 2.45) is 0 Å². The maximum atomic E-state index is 13.1. The van der Waals surface area contributed by atoms with E-state index in [0.717, 1.165) is 48.5 Å². The first-order valence-electron chi connectivity index (χ1n) is 18.0. The van der Waals surface area contributed by atoms with Crippen LogP contribution in [0, 0.1) is 6.92 Å². The maximum Gasteiger partial charge on any atom is 0.246 e. The number of hydrogen-bond acceptors (Lipinski definition) is 6. The monoisotopic (exact) mass is 785 g/mol. The van der Waals surface area contributed by atoms with Gasteiger partial charge >= 0.3 is 0 Å². The number of benzene rings is 4. The van der Waals surface area contributed by atoms with Crippen LogP contribution in [0.1, 0.15) is 53.1 Å². The molecule has 0 N–H and O–H groups in total. The number of rotatable bonds is 14. The van der Waals surface area contributed by atoms with Crippen LogP contribution in [0.4, 0.5) is 0 Å². The van der Waals surface area contributed by atoms with Crippen molar-refractivity contribution >= 4 is 47.6 Å². The lowest BCUT2D eigenvalue weighted by atomic mass is 10.0. The Morgan fingerprint density at radius 2 is 1.56 bits per heavy atom. The minimum atomic E-state index is -0.0111. The molecule has 0 radical (unpaired) electrons. The first kappa shape index (κ1) is 40.7. The molecule has 1 saturated heterocycles. The van der Waals surface area contributed by atoms with Crippen LogP contribution in [0.15, 0.2) is 109 Å². The lowest BCUT2D eigenvalue weighted by molar-refractivity contribution is -0.127. The molecule has 4 aromatic carbocycles. The molecule has 1 aliphatic heterocycles. The predicted molar refractivity (Wildman–Crippen MR) is 221 cm³/mol. The van der Waals surface area contributed by atoms with E-state index in [1.807, 2.05) is 42.2 Å². The summed E-state index contributed by atoms with van der Waals surface area (Å²) in [6.45, 7) is 11.2. The zero-order valence-electron chi connectivity index (χ0n) is 30.8. The molecule has 1 aromatic heterocycles. The summed E-state index contributed by atoms with van der Waals surface area (Å²) >= 11 is 12.7. The van der Waals surface area contributed by atoms with Crippen molar-refractivity contribution in [3.8, 4) is 23.1 Å². The number of aromatic nitrogens is 1. The van der Waals surface area contributed by atoms with Crippen LogP contribution in [0.2, 0.25) is 10.0 Å². The largest absolute Gasteiger partial charge is 0.493 e. The second-order valence-corrected chi connectivity index (χ2v) is 14.4. The third kappa shape index (κ3) is 11.7. The van der Waals surface area contributed by atoms with Crippen molar-refractivity contribution < 1.29 is 19.0 Å². The number of hydrogen-bond donors (Lipinski definition) is 0. The Hall–Kier alpha value is -4.53. The fourth-order valence-electron chi connectivity index (χ4n) is 6.10. The van der Waals surface area contributed by atoms with Gasteiger partial charge in [-0.05, 0) is 94.8 Å². The summed E-state index contributed by atoms with van der Waals surface area (Å²) in [5.41, 5.74) is 6.46. The lowest BCUT2D eigenvalue weighted by Gasteiger charge is -2.34. The summed E-state index contributed by atoms with van der Waals surface area (Å²) in [4.78, 5) is 21.7. The zero-order valence-corrected chi connectivity index (χ0v) is 33.2. The van der Waals surface area contributed by atoms with Gasteiger partial charge < -0.3 is 19.1 Å². The Morgan fingerprint density at radius 3 is 2.22 bits per heavy atom. The third-order valence-electron chi connectivity index (χ3n) is 9.20. The van der Waals surface area contributed by atoms with E-state index in [2.05, 4.69) is 72.3 Å². The summed E-state index contributed by atoms with van der Waals surface area (Å²) in [7, 11) is 0. The number of amides is 1. The zero-order chi connectivity index (χ0) is 37.2. The van der Waals surface area contributed by atoms with Gasteiger partial charge in [0.2, 0.25) is 11.8 Å². The number of carbonyl (C=O) groups excluding carboxylic acids is 1. The lowest BCUT2D eigenvalue weighted by Crippen LogP contribution is -2.47. The summed E-state index contributed by atoms with van der Waals surface area (Å²) in [5, 5.41) is 1.10. The van der Waals surface area contributed by atoms with Crippen molar-refractivity contribution in [2.45, 2.75) is 46.3 Å². The number of aryl methyl sites for hydroxylation is 1. The number of pyridine rings is 1. The molecule has 54 heavy (non-hydrogen) atoms. The van der Waals surface area contributed by atoms with E-state index < -0.39 is 0 Å². The minimum Gasteiger partial charge on any atom is -0.493 e. The van der Waals surface area contributed by atoms with Crippen LogP contribution in [0.25, 0.3) is 6.08 Å². The van der Waals surface area contributed by atoms with E-state index in [0.29, 0.717) is 59.6 Å². The van der Waals surface area contributed by atoms with Gasteiger partial charge in [-0.3, -0.25) is 9.69 Å². The van der Waals surface area contributed by atoms with E-state index >= 15 is 0 Å². The molecule has 2 heterocycles. The van der Waals surface area contributed by atoms with Crippen LogP contribution >= 0.6 is 35.6 Å². The van der Waals surface area contributed by atoms with Crippen molar-refractivity contribution in [3.05, 3.63) is 153 Å². The Bertz CT molecular complexity index is 1970. The van der Waals surface area contributed by atoms with Crippen LogP contribution < -0.4 is 14.2 Å². The van der Waals surface area contributed by atoms with Gasteiger partial charge in [0.25, 0.3) is 0 Å². The highest BCUT2D eigenvalue weighted by atomic mass is 35.5. The third-order valence-corrected chi connectivity index (χ3v) is 9.72. The number of nitrogens with zero attached hydrogens (tertiary/aromatic N) is 3. The Labute approximate surface area is 334 Å². The molecule has 1 aliphatic rings. The van der Waals surface area contributed by atoms with Gasteiger partial charge in [-0.15, -0.1) is 12.4 Å². The average molecular weight is 787 g/mol. The molecule has 282 valence electrons. The molecule has 0 spiro atoms. The summed E-state index contributed by atoms with van der Waals surface area (Å²) in [6, 6.07) is 31.9. The van der Waals surface area contributed by atoms with Gasteiger partial charge in [-0.2, -0.15) is 0 Å². The molecule has 7 nitrogen and oxygen atoms in total. The van der Waals surface area contributed by atoms with Crippen LogP contribution in [0.5, 0.6) is 23.1 Å². The van der Waals surface area contributed by atoms with Gasteiger partial charge in [0.1, 0.15) is 18.1 Å². The summed E-state index contributed by atoms with van der Waals surface area (Å²) in [5.74, 6) is 2.93. The minimum absolute atomic E-state index is 0.